The van der Waals surface area contributed by atoms with Gasteiger partial charge >= 0.3 is 0 Å². The van der Waals surface area contributed by atoms with E-state index < -0.39 is 6.04 Å². The molecule has 3 aromatic rings. The third kappa shape index (κ3) is 7.27. The van der Waals surface area contributed by atoms with Crippen molar-refractivity contribution in [3.8, 4) is 11.5 Å². The molecule has 47 heavy (non-hydrogen) atoms. The Morgan fingerprint density at radius 1 is 0.936 bits per heavy atom. The molecular weight excluding hydrogens is 616 g/mol. The Bertz CT molecular complexity index is 1690. The largest absolute Gasteiger partial charge is 0.493 e. The Labute approximate surface area is 278 Å². The Morgan fingerprint density at radius 2 is 1.68 bits per heavy atom. The molecule has 0 bridgehead atoms. The number of ether oxygens (including phenoxy) is 2. The van der Waals surface area contributed by atoms with Crippen LogP contribution in [0.1, 0.15) is 24.0 Å². The topological polar surface area (TPSA) is 116 Å². The highest BCUT2D eigenvalue weighted by Gasteiger charge is 2.41. The second-order valence-electron chi connectivity index (χ2n) is 11.4. The lowest BCUT2D eigenvalue weighted by atomic mass is 10.1. The van der Waals surface area contributed by atoms with Gasteiger partial charge in [0.1, 0.15) is 11.9 Å². The average Bonchev–Trinajstić information content (AvgIpc) is 3.46. The first-order valence-corrected chi connectivity index (χ1v) is 16.7. The Balaban J connectivity index is 1.03. The van der Waals surface area contributed by atoms with Crippen LogP contribution in [0.3, 0.4) is 0 Å². The van der Waals surface area contributed by atoms with E-state index in [0.29, 0.717) is 60.7 Å². The van der Waals surface area contributed by atoms with Crippen LogP contribution in [0.2, 0.25) is 0 Å². The highest BCUT2D eigenvalue weighted by molar-refractivity contribution is 8.14. The highest BCUT2D eigenvalue weighted by Crippen LogP contribution is 2.34. The van der Waals surface area contributed by atoms with Crippen LogP contribution in [0.15, 0.2) is 82.8 Å². The molecule has 0 aromatic heterocycles. The van der Waals surface area contributed by atoms with Gasteiger partial charge in [-0.05, 0) is 54.8 Å². The summed E-state index contributed by atoms with van der Waals surface area (Å²) in [6.07, 6.45) is 1.17. The number of piperazine rings is 1. The number of thioether (sulfide) groups is 1. The Morgan fingerprint density at radius 3 is 2.45 bits per heavy atom. The van der Waals surface area contributed by atoms with Gasteiger partial charge in [-0.15, -0.1) is 0 Å². The summed E-state index contributed by atoms with van der Waals surface area (Å²) in [5.41, 5.74) is 3.62. The van der Waals surface area contributed by atoms with Crippen molar-refractivity contribution in [3.63, 3.8) is 0 Å². The number of hydrogen-bond donors (Lipinski definition) is 1. The van der Waals surface area contributed by atoms with Crippen LogP contribution in [0.5, 0.6) is 11.5 Å². The van der Waals surface area contributed by atoms with E-state index in [2.05, 4.69) is 22.3 Å². The van der Waals surface area contributed by atoms with Gasteiger partial charge in [0.2, 0.25) is 11.8 Å². The summed E-state index contributed by atoms with van der Waals surface area (Å²) >= 11 is 1.20. The van der Waals surface area contributed by atoms with Gasteiger partial charge in [0.15, 0.2) is 16.7 Å². The lowest BCUT2D eigenvalue weighted by Gasteiger charge is -2.36. The second-order valence-corrected chi connectivity index (χ2v) is 12.3. The molecule has 3 aliphatic rings. The minimum absolute atomic E-state index is 0.0315. The van der Waals surface area contributed by atoms with Crippen molar-refractivity contribution in [1.29, 1.82) is 0 Å². The SMILES string of the molecule is COc1ccc(CCNC(=O)CSC2=Nc3ccccc3C3=N[C@H](CCC(=O)N4CCN(c5ccccc5)CC4)C(=O)N23)cc1OC. The van der Waals surface area contributed by atoms with Crippen molar-refractivity contribution in [2.75, 3.05) is 57.6 Å². The number of carbonyl (C=O) groups excluding carboxylic acids is 3. The molecule has 3 aliphatic heterocycles. The van der Waals surface area contributed by atoms with Gasteiger partial charge in [-0.2, -0.15) is 0 Å². The van der Waals surface area contributed by atoms with E-state index >= 15 is 0 Å². The lowest BCUT2D eigenvalue weighted by molar-refractivity contribution is -0.132. The van der Waals surface area contributed by atoms with Gasteiger partial charge in [-0.1, -0.05) is 48.2 Å². The minimum atomic E-state index is -0.688. The fourth-order valence-corrected chi connectivity index (χ4v) is 6.75. The number of methoxy groups -OCH3 is 2. The molecule has 11 nitrogen and oxygen atoms in total. The van der Waals surface area contributed by atoms with Crippen molar-refractivity contribution in [3.05, 3.63) is 83.9 Å². The van der Waals surface area contributed by atoms with E-state index in [1.165, 1.54) is 16.7 Å². The van der Waals surface area contributed by atoms with E-state index in [-0.39, 0.29) is 29.9 Å². The van der Waals surface area contributed by atoms with E-state index in [1.54, 1.807) is 14.2 Å². The number of amides is 3. The van der Waals surface area contributed by atoms with Crippen LogP contribution in [0, 0.1) is 0 Å². The summed E-state index contributed by atoms with van der Waals surface area (Å²) in [4.78, 5) is 54.8. The van der Waals surface area contributed by atoms with Gasteiger partial charge < -0.3 is 24.6 Å². The van der Waals surface area contributed by atoms with Crippen molar-refractivity contribution < 1.29 is 23.9 Å². The Kier molecular flexibility index (Phi) is 10.1. The quantitative estimate of drug-likeness (QED) is 0.334. The molecule has 0 spiro atoms. The summed E-state index contributed by atoms with van der Waals surface area (Å²) < 4.78 is 10.7. The van der Waals surface area contributed by atoms with Gasteiger partial charge in [-0.3, -0.25) is 19.4 Å². The smallest absolute Gasteiger partial charge is 0.259 e. The molecule has 1 N–H and O–H groups in total. The molecule has 1 atom stereocenters. The van der Waals surface area contributed by atoms with Crippen molar-refractivity contribution in [2.45, 2.75) is 25.3 Å². The molecule has 3 aromatic carbocycles. The molecule has 3 heterocycles. The molecule has 244 valence electrons. The fraction of sp³-hybridized carbons (Fsp3) is 0.343. The van der Waals surface area contributed by atoms with Crippen molar-refractivity contribution in [2.24, 2.45) is 9.98 Å². The maximum atomic E-state index is 13.7. The number of para-hydroxylation sites is 2. The zero-order chi connectivity index (χ0) is 32.8. The number of aliphatic imine (C=N–C) groups is 2. The van der Waals surface area contributed by atoms with Gasteiger partial charge in [0.25, 0.3) is 5.91 Å². The van der Waals surface area contributed by atoms with Crippen LogP contribution in [0.25, 0.3) is 0 Å². The number of carbonyl (C=O) groups is 3. The third-order valence-corrected chi connectivity index (χ3v) is 9.39. The number of fused-ring (bicyclic) bond motifs is 3. The number of benzene rings is 3. The molecule has 12 heteroatoms. The highest BCUT2D eigenvalue weighted by atomic mass is 32.2. The number of nitrogens with zero attached hydrogens (tertiary/aromatic N) is 5. The normalized spacial score (nSPS) is 17.0. The van der Waals surface area contributed by atoms with Crippen LogP contribution in [0.4, 0.5) is 11.4 Å². The maximum absolute atomic E-state index is 13.7. The van der Waals surface area contributed by atoms with Gasteiger partial charge in [0, 0.05) is 50.4 Å². The molecule has 1 saturated heterocycles. The summed E-state index contributed by atoms with van der Waals surface area (Å²) in [7, 11) is 3.18. The van der Waals surface area contributed by atoms with Crippen molar-refractivity contribution in [1.82, 2.24) is 15.1 Å². The molecular formula is C35H38N6O5S. The lowest BCUT2D eigenvalue weighted by Crippen LogP contribution is -2.49. The monoisotopic (exact) mass is 654 g/mol. The standard InChI is InChI=1S/C35H38N6O5S/c1-45-29-14-12-24(22-30(29)46-2)16-17-36-31(42)23-47-35-38-27-11-7-6-10-26(27)33-37-28(34(44)41(33)35)13-15-32(43)40-20-18-39(19-21-40)25-8-4-3-5-9-25/h3-12,14,22,28H,13,15-21,23H2,1-2H3,(H,36,42)/t28-/m1/s1. The van der Waals surface area contributed by atoms with E-state index in [0.717, 1.165) is 29.9 Å². The van der Waals surface area contributed by atoms with Crippen LogP contribution in [-0.2, 0) is 20.8 Å². The third-order valence-electron chi connectivity index (χ3n) is 8.45. The summed E-state index contributed by atoms with van der Waals surface area (Å²) in [5, 5.41) is 3.36. The number of amidine groups is 2. The number of nitrogens with one attached hydrogen (secondary N) is 1. The molecule has 0 radical (unpaired) electrons. The van der Waals surface area contributed by atoms with Crippen molar-refractivity contribution >= 4 is 51.9 Å². The summed E-state index contributed by atoms with van der Waals surface area (Å²) in [6.45, 7) is 3.27. The molecule has 6 rings (SSSR count). The summed E-state index contributed by atoms with van der Waals surface area (Å²) in [6, 6.07) is 22.7. The van der Waals surface area contributed by atoms with Gasteiger partial charge in [0.05, 0.1) is 25.7 Å². The van der Waals surface area contributed by atoms with Crippen LogP contribution >= 0.6 is 11.8 Å². The predicted octanol–water partition coefficient (Wildman–Crippen LogP) is 3.88. The van der Waals surface area contributed by atoms with Crippen LogP contribution in [-0.4, -0.2) is 97.3 Å². The van der Waals surface area contributed by atoms with Gasteiger partial charge in [-0.25, -0.2) is 9.89 Å². The first-order chi connectivity index (χ1) is 22.9. The number of rotatable bonds is 11. The summed E-state index contributed by atoms with van der Waals surface area (Å²) in [5.74, 6) is 1.53. The molecule has 0 aliphatic carbocycles. The Hall–Kier alpha value is -4.84. The number of hydrogen-bond acceptors (Lipinski definition) is 9. The average molecular weight is 655 g/mol. The number of anilines is 1. The van der Waals surface area contributed by atoms with E-state index in [1.807, 2.05) is 65.6 Å². The van der Waals surface area contributed by atoms with E-state index in [4.69, 9.17) is 19.5 Å². The fourth-order valence-electron chi connectivity index (χ4n) is 5.92. The predicted molar refractivity (Wildman–Crippen MR) is 184 cm³/mol. The van der Waals surface area contributed by atoms with E-state index in [9.17, 15) is 14.4 Å². The second kappa shape index (κ2) is 14.7. The molecule has 0 saturated carbocycles. The van der Waals surface area contributed by atoms with Crippen LogP contribution < -0.4 is 19.7 Å². The maximum Gasteiger partial charge on any atom is 0.259 e. The zero-order valence-corrected chi connectivity index (χ0v) is 27.4. The molecule has 3 amide bonds. The molecule has 1 fully saturated rings. The first kappa shape index (κ1) is 32.1. The zero-order valence-electron chi connectivity index (χ0n) is 26.6. The minimum Gasteiger partial charge on any atom is -0.493 e. The molecule has 0 unspecified atom stereocenters. The first-order valence-electron chi connectivity index (χ1n) is 15.7.